The van der Waals surface area contributed by atoms with Gasteiger partial charge in [0.1, 0.15) is 19.3 Å². The average molecular weight is 467 g/mol. The number of carbonyl (C=O) groups excluding carboxylic acids is 1. The quantitative estimate of drug-likeness (QED) is 0.550. The van der Waals surface area contributed by atoms with Gasteiger partial charge in [0, 0.05) is 24.4 Å². The van der Waals surface area contributed by atoms with Crippen LogP contribution in [0.15, 0.2) is 83.6 Å². The van der Waals surface area contributed by atoms with Gasteiger partial charge in [0.2, 0.25) is 5.43 Å². The van der Waals surface area contributed by atoms with Gasteiger partial charge < -0.3 is 14.7 Å². The Morgan fingerprint density at radius 1 is 1.26 bits per heavy atom. The number of pyridine rings is 1. The molecule has 2 aromatic rings. The van der Waals surface area contributed by atoms with E-state index in [1.165, 1.54) is 47.0 Å². The maximum absolute atomic E-state index is 14.9. The SMILES string of the molecule is C=C(/C=C\C=C(/C)F)[C@@H]1c2cccc(F)c2OC/C=C\CN2CN1n1ccc(=O)c(O)c1C2=O. The van der Waals surface area contributed by atoms with Gasteiger partial charge in [0.25, 0.3) is 5.91 Å². The molecule has 0 saturated heterocycles. The molecule has 0 radical (unpaired) electrons. The number of benzene rings is 1. The molecular formula is C25H23F2N3O4. The van der Waals surface area contributed by atoms with Crippen molar-refractivity contribution >= 4 is 5.91 Å². The van der Waals surface area contributed by atoms with Crippen molar-refractivity contribution in [1.82, 2.24) is 9.58 Å². The summed E-state index contributed by atoms with van der Waals surface area (Å²) in [5.74, 6) is -2.21. The zero-order chi connectivity index (χ0) is 24.4. The molecule has 34 heavy (non-hydrogen) atoms. The molecule has 1 aromatic carbocycles. The third-order valence-corrected chi connectivity index (χ3v) is 5.53. The largest absolute Gasteiger partial charge is 0.502 e. The Morgan fingerprint density at radius 2 is 2.06 bits per heavy atom. The Labute approximate surface area is 194 Å². The minimum Gasteiger partial charge on any atom is -0.502 e. The minimum absolute atomic E-state index is 0.00100. The molecule has 0 fully saturated rings. The van der Waals surface area contributed by atoms with Crippen LogP contribution in [0.25, 0.3) is 0 Å². The second kappa shape index (κ2) is 9.38. The molecule has 0 saturated carbocycles. The zero-order valence-electron chi connectivity index (χ0n) is 18.4. The van der Waals surface area contributed by atoms with Crippen molar-refractivity contribution in [2.45, 2.75) is 13.0 Å². The van der Waals surface area contributed by atoms with E-state index in [1.807, 2.05) is 0 Å². The summed E-state index contributed by atoms with van der Waals surface area (Å²) in [5.41, 5.74) is -0.0793. The number of nitrogens with zero attached hydrogens (tertiary/aromatic N) is 3. The molecule has 0 unspecified atom stereocenters. The van der Waals surface area contributed by atoms with E-state index in [0.29, 0.717) is 11.1 Å². The van der Waals surface area contributed by atoms with Crippen LogP contribution in [0, 0.1) is 5.82 Å². The predicted molar refractivity (Wildman–Crippen MR) is 123 cm³/mol. The molecular weight excluding hydrogens is 444 g/mol. The first-order chi connectivity index (χ1) is 16.3. The third kappa shape index (κ3) is 4.24. The maximum Gasteiger partial charge on any atom is 0.278 e. The number of aromatic hydroxyl groups is 1. The lowest BCUT2D eigenvalue weighted by Gasteiger charge is -2.44. The van der Waals surface area contributed by atoms with E-state index < -0.39 is 34.8 Å². The Bertz CT molecular complexity index is 1290. The van der Waals surface area contributed by atoms with E-state index >= 15 is 0 Å². The van der Waals surface area contributed by atoms with Gasteiger partial charge in [0.15, 0.2) is 23.0 Å². The minimum atomic E-state index is -0.801. The van der Waals surface area contributed by atoms with Gasteiger partial charge in [-0.3, -0.25) is 19.3 Å². The summed E-state index contributed by atoms with van der Waals surface area (Å²) in [5, 5.41) is 12.1. The number of hydrogen-bond acceptors (Lipinski definition) is 5. The van der Waals surface area contributed by atoms with Crippen molar-refractivity contribution in [3.8, 4) is 11.5 Å². The van der Waals surface area contributed by atoms with Gasteiger partial charge in [-0.1, -0.05) is 36.9 Å². The average Bonchev–Trinajstić information content (AvgIpc) is 2.82. The summed E-state index contributed by atoms with van der Waals surface area (Å²) >= 11 is 0. The monoisotopic (exact) mass is 467 g/mol. The van der Waals surface area contributed by atoms with Crippen LogP contribution in [0.5, 0.6) is 11.5 Å². The van der Waals surface area contributed by atoms with E-state index in [1.54, 1.807) is 29.3 Å². The lowest BCUT2D eigenvalue weighted by atomic mass is 9.97. The molecule has 1 atom stereocenters. The summed E-state index contributed by atoms with van der Waals surface area (Å²) in [4.78, 5) is 26.7. The Hall–Kier alpha value is -4.14. The number of amides is 1. The zero-order valence-corrected chi connectivity index (χ0v) is 18.4. The fraction of sp³-hybridized carbons (Fsp3) is 0.200. The van der Waals surface area contributed by atoms with Crippen LogP contribution in [0.1, 0.15) is 29.0 Å². The highest BCUT2D eigenvalue weighted by Gasteiger charge is 2.37. The smallest absolute Gasteiger partial charge is 0.278 e. The third-order valence-electron chi connectivity index (χ3n) is 5.53. The van der Waals surface area contributed by atoms with Gasteiger partial charge in [0.05, 0.1) is 5.83 Å². The first-order valence-electron chi connectivity index (χ1n) is 10.6. The lowest BCUT2D eigenvalue weighted by Crippen LogP contribution is -2.55. The molecule has 2 aliphatic heterocycles. The predicted octanol–water partition coefficient (Wildman–Crippen LogP) is 3.72. The number of fused-ring (bicyclic) bond motifs is 5. The molecule has 3 heterocycles. The summed E-state index contributed by atoms with van der Waals surface area (Å²) < 4.78 is 35.3. The van der Waals surface area contributed by atoms with Crippen molar-refractivity contribution in [3.63, 3.8) is 0 Å². The number of ether oxygens (including phenoxy) is 1. The standard InChI is InChI=1S/C25H23F2N3O4/c1-16(7-5-8-17(2)26)21-18-9-6-10-19(27)24(18)34-14-4-3-12-28-15-30(21)29-13-11-20(31)23(32)22(29)25(28)33/h3-11,13,21,32H,1,12,14-15H2,2H3/b4-3-,7-5-,17-8+/t21-/m1/s1. The van der Waals surface area contributed by atoms with Crippen LogP contribution in [-0.2, 0) is 0 Å². The maximum atomic E-state index is 14.9. The molecule has 9 heteroatoms. The van der Waals surface area contributed by atoms with Crippen LogP contribution in [0.2, 0.25) is 0 Å². The van der Waals surface area contributed by atoms with Crippen LogP contribution < -0.4 is 15.2 Å². The molecule has 2 aliphatic rings. The molecule has 1 N–H and O–H groups in total. The van der Waals surface area contributed by atoms with E-state index in [2.05, 4.69) is 6.58 Å². The fourth-order valence-corrected chi connectivity index (χ4v) is 3.98. The van der Waals surface area contributed by atoms with Crippen molar-refractivity contribution in [2.24, 2.45) is 0 Å². The Balaban J connectivity index is 1.98. The summed E-state index contributed by atoms with van der Waals surface area (Å²) in [7, 11) is 0. The molecule has 0 spiro atoms. The van der Waals surface area contributed by atoms with Crippen molar-refractivity contribution in [3.05, 3.63) is 106 Å². The first kappa shape index (κ1) is 23.0. The van der Waals surface area contributed by atoms with Crippen LogP contribution >= 0.6 is 0 Å². The topological polar surface area (TPSA) is 75.0 Å². The van der Waals surface area contributed by atoms with Crippen LogP contribution in [-0.4, -0.2) is 40.4 Å². The second-order valence-electron chi connectivity index (χ2n) is 7.86. The number of rotatable bonds is 3. The van der Waals surface area contributed by atoms with Crippen molar-refractivity contribution in [2.75, 3.05) is 24.8 Å². The highest BCUT2D eigenvalue weighted by molar-refractivity contribution is 5.96. The molecule has 1 amide bonds. The van der Waals surface area contributed by atoms with Crippen LogP contribution in [0.4, 0.5) is 8.78 Å². The molecule has 1 aromatic heterocycles. The van der Waals surface area contributed by atoms with E-state index in [0.717, 1.165) is 6.07 Å². The van der Waals surface area contributed by atoms with Crippen molar-refractivity contribution < 1.29 is 23.4 Å². The van der Waals surface area contributed by atoms with Crippen molar-refractivity contribution in [1.29, 1.82) is 0 Å². The van der Waals surface area contributed by atoms with Gasteiger partial charge in [-0.2, -0.15) is 0 Å². The number of halogens is 2. The Kier molecular flexibility index (Phi) is 6.36. The van der Waals surface area contributed by atoms with E-state index in [-0.39, 0.29) is 31.3 Å². The number of para-hydroxylation sites is 1. The highest BCUT2D eigenvalue weighted by atomic mass is 19.1. The number of allylic oxidation sites excluding steroid dienone is 3. The van der Waals surface area contributed by atoms with E-state index in [4.69, 9.17) is 4.74 Å². The van der Waals surface area contributed by atoms with E-state index in [9.17, 15) is 23.5 Å². The molecule has 0 aliphatic carbocycles. The number of hydrogen-bond donors (Lipinski definition) is 1. The summed E-state index contributed by atoms with van der Waals surface area (Å²) in [6.07, 6.45) is 9.02. The normalized spacial score (nSPS) is 19.2. The first-order valence-corrected chi connectivity index (χ1v) is 10.6. The molecule has 2 bridgehead atoms. The fourth-order valence-electron chi connectivity index (χ4n) is 3.98. The number of aromatic nitrogens is 1. The lowest BCUT2D eigenvalue weighted by molar-refractivity contribution is 0.0701. The van der Waals surface area contributed by atoms with Crippen LogP contribution in [0.3, 0.4) is 0 Å². The second-order valence-corrected chi connectivity index (χ2v) is 7.86. The molecule has 4 rings (SSSR count). The summed E-state index contributed by atoms with van der Waals surface area (Å²) in [6.45, 7) is 5.68. The van der Waals surface area contributed by atoms with Gasteiger partial charge in [-0.25, -0.2) is 8.78 Å². The molecule has 7 nitrogen and oxygen atoms in total. The Morgan fingerprint density at radius 3 is 2.82 bits per heavy atom. The molecule has 176 valence electrons. The van der Waals surface area contributed by atoms with Gasteiger partial charge in [-0.05, 0) is 30.7 Å². The van der Waals surface area contributed by atoms with Gasteiger partial charge in [-0.15, -0.1) is 0 Å². The highest BCUT2D eigenvalue weighted by Crippen LogP contribution is 2.38. The van der Waals surface area contributed by atoms with Gasteiger partial charge >= 0.3 is 0 Å². The summed E-state index contributed by atoms with van der Waals surface area (Å²) in [6, 6.07) is 4.81. The number of carbonyl (C=O) groups is 1.